The molecule has 2 aromatic rings. The van der Waals surface area contributed by atoms with Crippen LogP contribution in [0.1, 0.15) is 5.56 Å². The summed E-state index contributed by atoms with van der Waals surface area (Å²) < 4.78 is 45.3. The van der Waals surface area contributed by atoms with Gasteiger partial charge < -0.3 is 5.73 Å². The van der Waals surface area contributed by atoms with E-state index in [9.17, 15) is 13.2 Å². The molecule has 8 heteroatoms. The Morgan fingerprint density at radius 1 is 1.25 bits per heavy atom. The molecule has 0 saturated carbocycles. The molecule has 0 unspecified atom stereocenters. The van der Waals surface area contributed by atoms with E-state index in [-0.39, 0.29) is 17.1 Å². The molecule has 4 nitrogen and oxygen atoms in total. The van der Waals surface area contributed by atoms with Crippen LogP contribution in [0.5, 0.6) is 0 Å². The lowest BCUT2D eigenvalue weighted by Gasteiger charge is -2.10. The summed E-state index contributed by atoms with van der Waals surface area (Å²) in [4.78, 5) is 3.64. The Hall–Kier alpha value is -1.70. The number of hydrogen-bond donors (Lipinski definition) is 1. The van der Waals surface area contributed by atoms with Crippen LogP contribution in [0.15, 0.2) is 18.5 Å². The Morgan fingerprint density at radius 2 is 2.00 bits per heavy atom. The highest BCUT2D eigenvalue weighted by Gasteiger charge is 2.34. The lowest BCUT2D eigenvalue weighted by Crippen LogP contribution is -2.08. The fourth-order valence-corrected chi connectivity index (χ4v) is 1.70. The van der Waals surface area contributed by atoms with Crippen molar-refractivity contribution < 1.29 is 13.2 Å². The fourth-order valence-electron chi connectivity index (χ4n) is 1.21. The third-order valence-electron chi connectivity index (χ3n) is 1.90. The molecule has 0 fully saturated rings. The van der Waals surface area contributed by atoms with Crippen molar-refractivity contribution in [2.45, 2.75) is 6.18 Å². The molecule has 0 amide bonds. The molecule has 0 bridgehead atoms. The second-order valence-corrected chi connectivity index (χ2v) is 3.45. The molecule has 0 spiro atoms. The maximum atomic E-state index is 12.7. The van der Waals surface area contributed by atoms with Gasteiger partial charge in [-0.25, -0.2) is 0 Å². The van der Waals surface area contributed by atoms with Crippen LogP contribution in [0.2, 0.25) is 0 Å². The average molecular weight is 246 g/mol. The number of rotatable bonds is 1. The molecule has 16 heavy (non-hydrogen) atoms. The largest absolute Gasteiger partial charge is 0.417 e. The molecule has 0 saturated heterocycles. The summed E-state index contributed by atoms with van der Waals surface area (Å²) in [6, 6.07) is 0.883. The first-order valence-electron chi connectivity index (χ1n) is 4.10. The van der Waals surface area contributed by atoms with Gasteiger partial charge in [-0.15, -0.1) is 0 Å². The number of nitrogens with zero attached hydrogens (tertiary/aromatic N) is 3. The highest BCUT2D eigenvalue weighted by molar-refractivity contribution is 6.99. The molecule has 0 aliphatic heterocycles. The van der Waals surface area contributed by atoms with Crippen molar-refractivity contribution in [1.29, 1.82) is 0 Å². The average Bonchev–Trinajstić information content (AvgIpc) is 2.63. The topological polar surface area (TPSA) is 64.7 Å². The van der Waals surface area contributed by atoms with E-state index in [2.05, 4.69) is 13.7 Å². The summed E-state index contributed by atoms with van der Waals surface area (Å²) in [5.74, 6) is -0.0245. The molecular formula is C8H5F3N4S. The van der Waals surface area contributed by atoms with Crippen molar-refractivity contribution in [3.05, 3.63) is 24.0 Å². The van der Waals surface area contributed by atoms with Crippen LogP contribution in [0, 0.1) is 0 Å². The van der Waals surface area contributed by atoms with Gasteiger partial charge in [0.25, 0.3) is 0 Å². The highest BCUT2D eigenvalue weighted by Crippen LogP contribution is 2.37. The van der Waals surface area contributed by atoms with Gasteiger partial charge in [0, 0.05) is 18.0 Å². The molecule has 84 valence electrons. The first-order chi connectivity index (χ1) is 7.50. The van der Waals surface area contributed by atoms with Crippen LogP contribution >= 0.6 is 11.7 Å². The lowest BCUT2D eigenvalue weighted by atomic mass is 10.1. The number of pyridine rings is 1. The van der Waals surface area contributed by atoms with Crippen molar-refractivity contribution in [2.24, 2.45) is 0 Å². The van der Waals surface area contributed by atoms with Gasteiger partial charge in [0.15, 0.2) is 5.82 Å². The van der Waals surface area contributed by atoms with Crippen molar-refractivity contribution in [2.75, 3.05) is 5.73 Å². The van der Waals surface area contributed by atoms with E-state index in [0.717, 1.165) is 30.2 Å². The number of nitrogen functional groups attached to an aromatic ring is 1. The molecule has 0 aliphatic rings. The molecule has 2 rings (SSSR count). The SMILES string of the molecule is Nc1nsnc1-c1cnccc1C(F)(F)F. The third-order valence-corrected chi connectivity index (χ3v) is 2.44. The smallest absolute Gasteiger partial charge is 0.381 e. The standard InChI is InChI=1S/C8H5F3N4S/c9-8(10,11)5-1-2-13-3-4(5)6-7(12)15-16-14-6/h1-3H,(H2,12,15). The van der Waals surface area contributed by atoms with Crippen LogP contribution in [-0.4, -0.2) is 13.7 Å². The van der Waals surface area contributed by atoms with E-state index in [1.54, 1.807) is 0 Å². The monoisotopic (exact) mass is 246 g/mol. The summed E-state index contributed by atoms with van der Waals surface area (Å²) in [6.45, 7) is 0. The molecule has 2 aromatic heterocycles. The van der Waals surface area contributed by atoms with Crippen molar-refractivity contribution in [1.82, 2.24) is 13.7 Å². The molecule has 0 aliphatic carbocycles. The fraction of sp³-hybridized carbons (Fsp3) is 0.125. The summed E-state index contributed by atoms with van der Waals surface area (Å²) in [5, 5.41) is 0. The summed E-state index contributed by atoms with van der Waals surface area (Å²) in [5.41, 5.74) is 4.48. The summed E-state index contributed by atoms with van der Waals surface area (Å²) in [6.07, 6.45) is -2.31. The van der Waals surface area contributed by atoms with Crippen LogP contribution in [-0.2, 0) is 6.18 Å². The van der Waals surface area contributed by atoms with Crippen LogP contribution in [0.25, 0.3) is 11.3 Å². The minimum Gasteiger partial charge on any atom is -0.381 e. The first-order valence-corrected chi connectivity index (χ1v) is 4.83. The Bertz CT molecular complexity index is 508. The Morgan fingerprint density at radius 3 is 2.56 bits per heavy atom. The number of aromatic nitrogens is 3. The predicted octanol–water partition coefficient (Wildman–Crippen LogP) is 2.20. The van der Waals surface area contributed by atoms with E-state index in [1.165, 1.54) is 0 Å². The number of alkyl halides is 3. The van der Waals surface area contributed by atoms with Gasteiger partial charge in [-0.1, -0.05) is 0 Å². The van der Waals surface area contributed by atoms with Gasteiger partial charge in [0.05, 0.1) is 17.3 Å². The molecule has 0 radical (unpaired) electrons. The second kappa shape index (κ2) is 3.71. The van der Waals surface area contributed by atoms with Crippen molar-refractivity contribution in [3.8, 4) is 11.3 Å². The van der Waals surface area contributed by atoms with E-state index in [1.807, 2.05) is 0 Å². The van der Waals surface area contributed by atoms with E-state index < -0.39 is 11.7 Å². The van der Waals surface area contributed by atoms with Gasteiger partial charge >= 0.3 is 6.18 Å². The highest BCUT2D eigenvalue weighted by atomic mass is 32.1. The Kier molecular flexibility index (Phi) is 2.50. The minimum atomic E-state index is -4.46. The van der Waals surface area contributed by atoms with Crippen molar-refractivity contribution in [3.63, 3.8) is 0 Å². The predicted molar refractivity (Wildman–Crippen MR) is 52.6 cm³/mol. The normalized spacial score (nSPS) is 11.7. The zero-order valence-corrected chi connectivity index (χ0v) is 8.51. The number of anilines is 1. The molecular weight excluding hydrogens is 241 g/mol. The summed E-state index contributed by atoms with van der Waals surface area (Å²) in [7, 11) is 0. The van der Waals surface area contributed by atoms with E-state index in [0.29, 0.717) is 0 Å². The third kappa shape index (κ3) is 1.83. The number of hydrogen-bond acceptors (Lipinski definition) is 5. The Labute approximate surface area is 92.3 Å². The molecule has 0 aromatic carbocycles. The second-order valence-electron chi connectivity index (χ2n) is 2.92. The Balaban J connectivity index is 2.62. The molecule has 2 heterocycles. The van der Waals surface area contributed by atoms with E-state index in [4.69, 9.17) is 5.73 Å². The zero-order chi connectivity index (χ0) is 11.8. The van der Waals surface area contributed by atoms with Gasteiger partial charge in [0.2, 0.25) is 0 Å². The maximum absolute atomic E-state index is 12.7. The zero-order valence-electron chi connectivity index (χ0n) is 7.69. The van der Waals surface area contributed by atoms with Crippen molar-refractivity contribution >= 4 is 17.5 Å². The van der Waals surface area contributed by atoms with Gasteiger partial charge in [-0.2, -0.15) is 21.9 Å². The van der Waals surface area contributed by atoms with Gasteiger partial charge in [0.1, 0.15) is 5.69 Å². The summed E-state index contributed by atoms with van der Waals surface area (Å²) >= 11 is 0.760. The minimum absolute atomic E-state index is 0.0189. The quantitative estimate of drug-likeness (QED) is 0.837. The number of halogens is 3. The first kappa shape index (κ1) is 10.8. The van der Waals surface area contributed by atoms with Gasteiger partial charge in [-0.3, -0.25) is 4.98 Å². The van der Waals surface area contributed by atoms with Crippen LogP contribution in [0.3, 0.4) is 0 Å². The number of nitrogens with two attached hydrogens (primary N) is 1. The van der Waals surface area contributed by atoms with Crippen LogP contribution in [0.4, 0.5) is 19.0 Å². The van der Waals surface area contributed by atoms with Crippen LogP contribution < -0.4 is 5.73 Å². The lowest BCUT2D eigenvalue weighted by molar-refractivity contribution is -0.137. The van der Waals surface area contributed by atoms with Gasteiger partial charge in [-0.05, 0) is 6.07 Å². The van der Waals surface area contributed by atoms with E-state index >= 15 is 0 Å². The maximum Gasteiger partial charge on any atom is 0.417 e. The molecule has 2 N–H and O–H groups in total. The molecule has 0 atom stereocenters.